The molecule has 0 aliphatic carbocycles. The molecule has 5 nitrogen and oxygen atoms in total. The molecule has 1 aromatic heterocycles. The molecular formula is C11H21N3O2S. The Kier molecular flexibility index (Phi) is 5.30. The van der Waals surface area contributed by atoms with Crippen molar-refractivity contribution in [2.75, 3.05) is 25.6 Å². The number of nitrogens with one attached hydrogen (secondary N) is 1. The summed E-state index contributed by atoms with van der Waals surface area (Å²) in [7, 11) is 1.65. The van der Waals surface area contributed by atoms with Crippen LogP contribution in [0.3, 0.4) is 0 Å². The minimum atomic E-state index is -0.0440. The molecule has 1 unspecified atom stereocenters. The predicted molar refractivity (Wildman–Crippen MR) is 69.6 cm³/mol. The van der Waals surface area contributed by atoms with Crippen molar-refractivity contribution in [3.63, 3.8) is 0 Å². The van der Waals surface area contributed by atoms with Gasteiger partial charge < -0.3 is 15.2 Å². The summed E-state index contributed by atoms with van der Waals surface area (Å²) in [5, 5.41) is 13.1. The van der Waals surface area contributed by atoms with Gasteiger partial charge >= 0.3 is 0 Å². The molecule has 98 valence electrons. The Balaban J connectivity index is 2.58. The summed E-state index contributed by atoms with van der Waals surface area (Å²) >= 11 is 1.33. The van der Waals surface area contributed by atoms with Gasteiger partial charge in [0.25, 0.3) is 0 Å². The molecule has 0 spiro atoms. The zero-order chi connectivity index (χ0) is 12.9. The van der Waals surface area contributed by atoms with Gasteiger partial charge in [0.1, 0.15) is 5.82 Å². The predicted octanol–water partition coefficient (Wildman–Crippen LogP) is 1.64. The fourth-order valence-corrected chi connectivity index (χ4v) is 2.06. The average Bonchev–Trinajstić information content (AvgIpc) is 2.72. The molecule has 1 aromatic rings. The van der Waals surface area contributed by atoms with Crippen molar-refractivity contribution in [1.29, 1.82) is 0 Å². The van der Waals surface area contributed by atoms with Crippen molar-refractivity contribution < 1.29 is 9.84 Å². The summed E-state index contributed by atoms with van der Waals surface area (Å²) in [6, 6.07) is -0.0317. The van der Waals surface area contributed by atoms with Gasteiger partial charge in [-0.15, -0.1) is 0 Å². The normalized spacial score (nSPS) is 13.7. The van der Waals surface area contributed by atoms with E-state index in [0.717, 1.165) is 17.4 Å². The molecule has 1 heterocycles. The number of aliphatic hydroxyl groups excluding tert-OH is 1. The minimum absolute atomic E-state index is 0.0317. The highest BCUT2D eigenvalue weighted by atomic mass is 32.1. The average molecular weight is 259 g/mol. The van der Waals surface area contributed by atoms with Crippen LogP contribution in [-0.2, 0) is 10.2 Å². The number of aromatic nitrogens is 2. The topological polar surface area (TPSA) is 67.3 Å². The molecule has 0 radical (unpaired) electrons. The standard InChI is InChI=1S/C11H21N3O2S/c1-11(2,3)9-13-10(17-14-9)12-8(7-15)5-6-16-4/h8,15H,5-7H2,1-4H3,(H,12,13,14). The maximum Gasteiger partial charge on any atom is 0.202 e. The lowest BCUT2D eigenvalue weighted by molar-refractivity contribution is 0.174. The van der Waals surface area contributed by atoms with E-state index in [1.165, 1.54) is 11.5 Å². The highest BCUT2D eigenvalue weighted by molar-refractivity contribution is 7.09. The van der Waals surface area contributed by atoms with Crippen LogP contribution in [0.2, 0.25) is 0 Å². The van der Waals surface area contributed by atoms with Crippen molar-refractivity contribution in [3.8, 4) is 0 Å². The molecule has 0 saturated heterocycles. The van der Waals surface area contributed by atoms with Gasteiger partial charge in [-0.25, -0.2) is 4.98 Å². The van der Waals surface area contributed by atoms with Gasteiger partial charge in [0.05, 0.1) is 12.6 Å². The summed E-state index contributed by atoms with van der Waals surface area (Å²) in [6.07, 6.45) is 0.747. The van der Waals surface area contributed by atoms with Gasteiger partial charge in [0.15, 0.2) is 0 Å². The number of hydrogen-bond donors (Lipinski definition) is 2. The highest BCUT2D eigenvalue weighted by Crippen LogP contribution is 2.23. The maximum atomic E-state index is 9.22. The van der Waals surface area contributed by atoms with Crippen LogP contribution in [-0.4, -0.2) is 40.8 Å². The molecule has 6 heteroatoms. The molecule has 17 heavy (non-hydrogen) atoms. The number of hydrogen-bond acceptors (Lipinski definition) is 6. The number of ether oxygens (including phenoxy) is 1. The quantitative estimate of drug-likeness (QED) is 0.813. The summed E-state index contributed by atoms with van der Waals surface area (Å²) in [4.78, 5) is 4.42. The summed E-state index contributed by atoms with van der Waals surface area (Å²) < 4.78 is 9.30. The van der Waals surface area contributed by atoms with Gasteiger partial charge in [-0.2, -0.15) is 4.37 Å². The fourth-order valence-electron chi connectivity index (χ4n) is 1.23. The Labute approximate surface area is 106 Å². The number of rotatable bonds is 6. The van der Waals surface area contributed by atoms with E-state index in [1.807, 2.05) is 0 Å². The fraction of sp³-hybridized carbons (Fsp3) is 0.818. The molecule has 2 N–H and O–H groups in total. The zero-order valence-electron chi connectivity index (χ0n) is 10.9. The van der Waals surface area contributed by atoms with E-state index in [2.05, 4.69) is 35.4 Å². The number of nitrogens with zero attached hydrogens (tertiary/aromatic N) is 2. The van der Waals surface area contributed by atoms with Crippen molar-refractivity contribution in [2.45, 2.75) is 38.6 Å². The van der Waals surface area contributed by atoms with Crippen LogP contribution in [0.1, 0.15) is 33.0 Å². The van der Waals surface area contributed by atoms with Crippen LogP contribution in [0.4, 0.5) is 5.13 Å². The lowest BCUT2D eigenvalue weighted by Crippen LogP contribution is -2.25. The van der Waals surface area contributed by atoms with E-state index >= 15 is 0 Å². The Morgan fingerprint density at radius 1 is 1.47 bits per heavy atom. The van der Waals surface area contributed by atoms with Gasteiger partial charge in [-0.1, -0.05) is 20.8 Å². The van der Waals surface area contributed by atoms with E-state index in [1.54, 1.807) is 7.11 Å². The molecule has 0 saturated carbocycles. The van der Waals surface area contributed by atoms with E-state index in [4.69, 9.17) is 4.74 Å². The molecule has 0 aliphatic rings. The Bertz CT molecular complexity index is 336. The number of aliphatic hydroxyl groups is 1. The lowest BCUT2D eigenvalue weighted by atomic mass is 9.96. The molecule has 0 aliphatic heterocycles. The maximum absolute atomic E-state index is 9.22. The third-order valence-electron chi connectivity index (χ3n) is 2.32. The van der Waals surface area contributed by atoms with Gasteiger partial charge in [-0.05, 0) is 6.42 Å². The number of anilines is 1. The third-order valence-corrected chi connectivity index (χ3v) is 2.96. The first-order chi connectivity index (χ1) is 7.97. The second kappa shape index (κ2) is 6.28. The summed E-state index contributed by atoms with van der Waals surface area (Å²) in [6.45, 7) is 6.91. The molecule has 0 aromatic carbocycles. The minimum Gasteiger partial charge on any atom is -0.394 e. The molecule has 0 amide bonds. The van der Waals surface area contributed by atoms with Crippen LogP contribution in [0, 0.1) is 0 Å². The lowest BCUT2D eigenvalue weighted by Gasteiger charge is -2.15. The van der Waals surface area contributed by atoms with Gasteiger partial charge in [-0.3, -0.25) is 0 Å². The highest BCUT2D eigenvalue weighted by Gasteiger charge is 2.20. The van der Waals surface area contributed by atoms with Gasteiger partial charge in [0.2, 0.25) is 5.13 Å². The van der Waals surface area contributed by atoms with Gasteiger partial charge in [0, 0.05) is 30.7 Å². The van der Waals surface area contributed by atoms with E-state index < -0.39 is 0 Å². The smallest absolute Gasteiger partial charge is 0.202 e. The molecule has 1 rings (SSSR count). The molecule has 0 fully saturated rings. The second-order valence-corrected chi connectivity index (χ2v) is 5.73. The second-order valence-electron chi connectivity index (χ2n) is 4.98. The van der Waals surface area contributed by atoms with Crippen LogP contribution in [0.5, 0.6) is 0 Å². The molecule has 0 bridgehead atoms. The van der Waals surface area contributed by atoms with Crippen LogP contribution >= 0.6 is 11.5 Å². The van der Waals surface area contributed by atoms with Crippen LogP contribution in [0.25, 0.3) is 0 Å². The SMILES string of the molecule is COCCC(CO)Nc1nc(C(C)(C)C)ns1. The third kappa shape index (κ3) is 4.57. The Morgan fingerprint density at radius 2 is 2.18 bits per heavy atom. The van der Waals surface area contributed by atoms with Crippen molar-refractivity contribution in [2.24, 2.45) is 0 Å². The van der Waals surface area contributed by atoms with Crippen molar-refractivity contribution in [1.82, 2.24) is 9.36 Å². The first-order valence-electron chi connectivity index (χ1n) is 5.68. The Morgan fingerprint density at radius 3 is 2.65 bits per heavy atom. The Hall–Kier alpha value is -0.720. The molecule has 1 atom stereocenters. The van der Waals surface area contributed by atoms with E-state index in [0.29, 0.717) is 6.61 Å². The first-order valence-corrected chi connectivity index (χ1v) is 6.45. The first kappa shape index (κ1) is 14.3. The van der Waals surface area contributed by atoms with Crippen molar-refractivity contribution in [3.05, 3.63) is 5.82 Å². The van der Waals surface area contributed by atoms with Crippen LogP contribution in [0.15, 0.2) is 0 Å². The van der Waals surface area contributed by atoms with E-state index in [-0.39, 0.29) is 18.1 Å². The largest absolute Gasteiger partial charge is 0.394 e. The monoisotopic (exact) mass is 259 g/mol. The summed E-state index contributed by atoms with van der Waals surface area (Å²) in [5.41, 5.74) is -0.0440. The summed E-state index contributed by atoms with van der Waals surface area (Å²) in [5.74, 6) is 0.827. The molecular weight excluding hydrogens is 238 g/mol. The zero-order valence-corrected chi connectivity index (χ0v) is 11.7. The van der Waals surface area contributed by atoms with E-state index in [9.17, 15) is 5.11 Å². The van der Waals surface area contributed by atoms with Crippen molar-refractivity contribution >= 4 is 16.7 Å². The van der Waals surface area contributed by atoms with Crippen LogP contribution < -0.4 is 5.32 Å². The number of methoxy groups -OCH3 is 1.